The third-order valence-corrected chi connectivity index (χ3v) is 1.15. The van der Waals surface area contributed by atoms with Crippen LogP contribution in [0.3, 0.4) is 0 Å². The highest BCUT2D eigenvalue weighted by atomic mass is 35.5. The van der Waals surface area contributed by atoms with Crippen LogP contribution in [0.1, 0.15) is 0 Å². The number of nitrogens with zero attached hydrogens (tertiary/aromatic N) is 2. The molecule has 0 unspecified atom stereocenters. The number of aryl methyl sites for hydroxylation is 1. The Balaban J connectivity index is 0.00000121. The summed E-state index contributed by atoms with van der Waals surface area (Å²) in [7, 11) is 1.77. The molecule has 68 valence electrons. The van der Waals surface area contributed by atoms with E-state index in [9.17, 15) is 4.79 Å². The van der Waals surface area contributed by atoms with Gasteiger partial charge in [-0.1, -0.05) is 0 Å². The maximum atomic E-state index is 10.1. The standard InChI is InChI=1S/C6H9N3O2.ClH/c1-9-4-5(2-8-9)7-3-6(10)11;/h2,4,7H,3H2,1H3,(H,10,11);1H. The summed E-state index contributed by atoms with van der Waals surface area (Å²) in [5, 5.41) is 14.8. The molecular weight excluding hydrogens is 182 g/mol. The fourth-order valence-electron chi connectivity index (χ4n) is 0.690. The summed E-state index contributed by atoms with van der Waals surface area (Å²) in [6.07, 6.45) is 3.28. The predicted molar refractivity (Wildman–Crippen MR) is 46.6 cm³/mol. The number of nitrogens with one attached hydrogen (secondary N) is 1. The second-order valence-corrected chi connectivity index (χ2v) is 2.15. The van der Waals surface area contributed by atoms with Gasteiger partial charge in [-0.15, -0.1) is 12.4 Å². The molecule has 0 aromatic carbocycles. The maximum absolute atomic E-state index is 10.1. The quantitative estimate of drug-likeness (QED) is 0.723. The minimum Gasteiger partial charge on any atom is -0.480 e. The molecule has 0 spiro atoms. The summed E-state index contributed by atoms with van der Waals surface area (Å²) in [6, 6.07) is 0. The Hall–Kier alpha value is -1.23. The first-order valence-corrected chi connectivity index (χ1v) is 3.13. The van der Waals surface area contributed by atoms with Gasteiger partial charge in [-0.2, -0.15) is 5.10 Å². The summed E-state index contributed by atoms with van der Waals surface area (Å²) in [5.74, 6) is -0.881. The van der Waals surface area contributed by atoms with Crippen LogP contribution in [0.5, 0.6) is 0 Å². The van der Waals surface area contributed by atoms with Crippen molar-refractivity contribution in [3.05, 3.63) is 12.4 Å². The van der Waals surface area contributed by atoms with Gasteiger partial charge >= 0.3 is 5.97 Å². The minimum absolute atomic E-state index is 0. The van der Waals surface area contributed by atoms with Crippen LogP contribution in [0, 0.1) is 0 Å². The highest BCUT2D eigenvalue weighted by Crippen LogP contribution is 2.01. The van der Waals surface area contributed by atoms with Crippen LogP contribution < -0.4 is 5.32 Å². The van der Waals surface area contributed by atoms with E-state index in [1.807, 2.05) is 0 Å². The number of anilines is 1. The van der Waals surface area contributed by atoms with E-state index < -0.39 is 5.97 Å². The molecule has 0 atom stereocenters. The molecule has 0 saturated heterocycles. The highest BCUT2D eigenvalue weighted by Gasteiger charge is 1.97. The first-order valence-electron chi connectivity index (χ1n) is 3.13. The predicted octanol–water partition coefficient (Wildman–Crippen LogP) is 0.338. The third kappa shape index (κ3) is 3.25. The first-order chi connectivity index (χ1) is 5.18. The summed E-state index contributed by atoms with van der Waals surface area (Å²) in [6.45, 7) is -0.0777. The number of rotatable bonds is 3. The SMILES string of the molecule is Cl.Cn1cc(NCC(=O)O)cn1. The van der Waals surface area contributed by atoms with Crippen molar-refractivity contribution in [3.8, 4) is 0 Å². The van der Waals surface area contributed by atoms with E-state index in [0.717, 1.165) is 5.69 Å². The van der Waals surface area contributed by atoms with E-state index in [1.54, 1.807) is 24.1 Å². The zero-order chi connectivity index (χ0) is 8.27. The van der Waals surface area contributed by atoms with E-state index >= 15 is 0 Å². The van der Waals surface area contributed by atoms with Crippen molar-refractivity contribution in [1.82, 2.24) is 9.78 Å². The van der Waals surface area contributed by atoms with Gasteiger partial charge in [0.25, 0.3) is 0 Å². The molecule has 0 aliphatic heterocycles. The van der Waals surface area contributed by atoms with Gasteiger partial charge in [0.15, 0.2) is 0 Å². The normalized spacial score (nSPS) is 8.75. The molecule has 0 amide bonds. The van der Waals surface area contributed by atoms with Gasteiger partial charge in [-0.25, -0.2) is 0 Å². The lowest BCUT2D eigenvalue weighted by Gasteiger charge is -1.95. The largest absolute Gasteiger partial charge is 0.480 e. The van der Waals surface area contributed by atoms with E-state index in [-0.39, 0.29) is 19.0 Å². The Labute approximate surface area is 75.8 Å². The van der Waals surface area contributed by atoms with Crippen molar-refractivity contribution < 1.29 is 9.90 Å². The van der Waals surface area contributed by atoms with Crippen molar-refractivity contribution >= 4 is 24.1 Å². The lowest BCUT2D eigenvalue weighted by Crippen LogP contribution is -2.11. The van der Waals surface area contributed by atoms with E-state index in [2.05, 4.69) is 10.4 Å². The number of halogens is 1. The number of aliphatic carboxylic acids is 1. The number of carboxylic acid groups (broad SMARTS) is 1. The van der Waals surface area contributed by atoms with E-state index in [4.69, 9.17) is 5.11 Å². The molecule has 0 aliphatic carbocycles. The molecule has 12 heavy (non-hydrogen) atoms. The number of carbonyl (C=O) groups is 1. The number of hydrogen-bond acceptors (Lipinski definition) is 3. The summed E-state index contributed by atoms with van der Waals surface area (Å²) in [4.78, 5) is 10.1. The monoisotopic (exact) mass is 191 g/mol. The second-order valence-electron chi connectivity index (χ2n) is 2.15. The van der Waals surface area contributed by atoms with Crippen molar-refractivity contribution in [2.75, 3.05) is 11.9 Å². The molecule has 0 saturated carbocycles. The highest BCUT2D eigenvalue weighted by molar-refractivity contribution is 5.85. The maximum Gasteiger partial charge on any atom is 0.322 e. The van der Waals surface area contributed by atoms with Gasteiger partial charge in [0, 0.05) is 13.2 Å². The Morgan fingerprint density at radius 3 is 2.92 bits per heavy atom. The zero-order valence-electron chi connectivity index (χ0n) is 6.52. The first kappa shape index (κ1) is 10.8. The van der Waals surface area contributed by atoms with Gasteiger partial charge in [0.2, 0.25) is 0 Å². The molecule has 1 aromatic heterocycles. The van der Waals surface area contributed by atoms with Crippen molar-refractivity contribution in [2.24, 2.45) is 7.05 Å². The average molecular weight is 192 g/mol. The van der Waals surface area contributed by atoms with Crippen LogP contribution in [-0.4, -0.2) is 27.4 Å². The molecule has 0 fully saturated rings. The molecule has 0 bridgehead atoms. The van der Waals surface area contributed by atoms with Gasteiger partial charge in [0.1, 0.15) is 6.54 Å². The lowest BCUT2D eigenvalue weighted by molar-refractivity contribution is -0.134. The van der Waals surface area contributed by atoms with Crippen molar-refractivity contribution in [3.63, 3.8) is 0 Å². The Bertz CT molecular complexity index is 261. The minimum atomic E-state index is -0.881. The molecule has 0 radical (unpaired) electrons. The molecule has 1 aromatic rings. The van der Waals surface area contributed by atoms with Gasteiger partial charge < -0.3 is 10.4 Å². The molecule has 1 rings (SSSR count). The van der Waals surface area contributed by atoms with Crippen LogP contribution in [0.15, 0.2) is 12.4 Å². The van der Waals surface area contributed by atoms with E-state index in [0.29, 0.717) is 0 Å². The molecule has 5 nitrogen and oxygen atoms in total. The van der Waals surface area contributed by atoms with Crippen molar-refractivity contribution in [1.29, 1.82) is 0 Å². The van der Waals surface area contributed by atoms with Crippen LogP contribution >= 0.6 is 12.4 Å². The number of aromatic nitrogens is 2. The fourth-order valence-corrected chi connectivity index (χ4v) is 0.690. The van der Waals surface area contributed by atoms with Gasteiger partial charge in [0.05, 0.1) is 11.9 Å². The summed E-state index contributed by atoms with van der Waals surface area (Å²) >= 11 is 0. The van der Waals surface area contributed by atoms with Crippen molar-refractivity contribution in [2.45, 2.75) is 0 Å². The van der Waals surface area contributed by atoms with Crippen LogP contribution in [0.2, 0.25) is 0 Å². The van der Waals surface area contributed by atoms with Gasteiger partial charge in [-0.3, -0.25) is 9.48 Å². The zero-order valence-corrected chi connectivity index (χ0v) is 7.34. The summed E-state index contributed by atoms with van der Waals surface area (Å²) < 4.78 is 1.60. The third-order valence-electron chi connectivity index (χ3n) is 1.15. The number of hydrogen-bond donors (Lipinski definition) is 2. The van der Waals surface area contributed by atoms with Crippen LogP contribution in [0.25, 0.3) is 0 Å². The Morgan fingerprint density at radius 1 is 1.83 bits per heavy atom. The summed E-state index contributed by atoms with van der Waals surface area (Å²) in [5.41, 5.74) is 0.718. The topological polar surface area (TPSA) is 67.2 Å². The smallest absolute Gasteiger partial charge is 0.322 e. The molecule has 6 heteroatoms. The fraction of sp³-hybridized carbons (Fsp3) is 0.333. The lowest BCUT2D eigenvalue weighted by atomic mass is 10.5. The Morgan fingerprint density at radius 2 is 2.50 bits per heavy atom. The second kappa shape index (κ2) is 4.61. The molecule has 2 N–H and O–H groups in total. The van der Waals surface area contributed by atoms with E-state index in [1.165, 1.54) is 0 Å². The average Bonchev–Trinajstić information content (AvgIpc) is 2.31. The Kier molecular flexibility index (Phi) is 4.14. The van der Waals surface area contributed by atoms with Crippen LogP contribution in [-0.2, 0) is 11.8 Å². The van der Waals surface area contributed by atoms with Gasteiger partial charge in [-0.05, 0) is 0 Å². The van der Waals surface area contributed by atoms with Crippen LogP contribution in [0.4, 0.5) is 5.69 Å². The molecule has 1 heterocycles. The number of carboxylic acids is 1. The molecule has 0 aliphatic rings. The molecular formula is C6H10ClN3O2.